The van der Waals surface area contributed by atoms with Gasteiger partial charge in [0, 0.05) is 62.1 Å². The lowest BCUT2D eigenvalue weighted by atomic mass is 9.91. The number of aromatic amines is 1. The number of hydrogen-bond acceptors (Lipinski definition) is 5. The predicted molar refractivity (Wildman–Crippen MR) is 173 cm³/mol. The number of nitrogens with one attached hydrogen (secondary N) is 2. The van der Waals surface area contributed by atoms with Crippen LogP contribution in [0.2, 0.25) is 0 Å². The highest BCUT2D eigenvalue weighted by Crippen LogP contribution is 2.35. The Bertz CT molecular complexity index is 1760. The molecule has 1 fully saturated rings. The fraction of sp³-hybridized carbons (Fsp3) is 0.333. The first kappa shape index (κ1) is 29.9. The number of benzene rings is 3. The van der Waals surface area contributed by atoms with Gasteiger partial charge in [0.25, 0.3) is 0 Å². The first-order valence-electron chi connectivity index (χ1n) is 15.3. The quantitative estimate of drug-likeness (QED) is 0.309. The normalized spacial score (nSPS) is 18.0. The third kappa shape index (κ3) is 5.97. The van der Waals surface area contributed by atoms with E-state index in [1.807, 2.05) is 12.1 Å². The number of methoxy groups -OCH3 is 2. The molecule has 0 amide bonds. The number of fused-ring (bicyclic) bond motifs is 1. The predicted octanol–water partition coefficient (Wildman–Crippen LogP) is 5.14. The summed E-state index contributed by atoms with van der Waals surface area (Å²) >= 11 is 0. The number of ether oxygens (including phenoxy) is 2. The van der Waals surface area contributed by atoms with Crippen LogP contribution in [0.4, 0.5) is 14.5 Å². The summed E-state index contributed by atoms with van der Waals surface area (Å²) in [6.45, 7) is 8.84. The monoisotopic (exact) mass is 598 g/mol. The average molecular weight is 599 g/mol. The van der Waals surface area contributed by atoms with Gasteiger partial charge in [0.2, 0.25) is 0 Å². The van der Waals surface area contributed by atoms with Crippen LogP contribution < -0.4 is 30.3 Å². The zero-order valence-corrected chi connectivity index (χ0v) is 25.8. The third-order valence-corrected chi connectivity index (χ3v) is 8.86. The maximum absolute atomic E-state index is 13.9. The van der Waals surface area contributed by atoms with E-state index in [0.717, 1.165) is 49.8 Å². The van der Waals surface area contributed by atoms with E-state index in [1.165, 1.54) is 45.1 Å². The molecule has 1 unspecified atom stereocenters. The van der Waals surface area contributed by atoms with Crippen LogP contribution in [0.25, 0.3) is 23.3 Å². The summed E-state index contributed by atoms with van der Waals surface area (Å²) < 4.78 is 38.9. The summed E-state index contributed by atoms with van der Waals surface area (Å²) in [4.78, 5) is 8.18. The highest BCUT2D eigenvalue weighted by molar-refractivity contribution is 5.69. The molecule has 2 aliphatic heterocycles. The molecule has 3 heterocycles. The standard InChI is InChI=1S/C36H40F2N4O2/c1-5-30-31-9-10-39-35(36(31)40-32(30)6-2)26-16-23(15-25(17-26)24-7-8-33(43-3)34(18-24)44-4)22-41-11-13-42(14-12-41)29-20-27(37)19-28(38)21-29/h5-8,15-21,35,39-40H,9-14,22H2,1-4H3/b30-5-,32-6+. The van der Waals surface area contributed by atoms with Crippen LogP contribution in [0.5, 0.6) is 11.5 Å². The molecule has 0 bridgehead atoms. The number of H-pyrrole nitrogens is 1. The van der Waals surface area contributed by atoms with Crippen molar-refractivity contribution in [2.45, 2.75) is 32.9 Å². The van der Waals surface area contributed by atoms with E-state index in [0.29, 0.717) is 30.3 Å². The number of piperazine rings is 1. The molecule has 1 saturated heterocycles. The van der Waals surface area contributed by atoms with E-state index in [9.17, 15) is 8.78 Å². The second-order valence-corrected chi connectivity index (χ2v) is 11.5. The maximum Gasteiger partial charge on any atom is 0.161 e. The van der Waals surface area contributed by atoms with Crippen molar-refractivity contribution in [2.75, 3.05) is 51.8 Å². The molecule has 4 aromatic rings. The lowest BCUT2D eigenvalue weighted by molar-refractivity contribution is 0.249. The number of hydrogen-bond donors (Lipinski definition) is 2. The Hall–Kier alpha value is -4.14. The topological polar surface area (TPSA) is 52.8 Å². The zero-order chi connectivity index (χ0) is 30.8. The van der Waals surface area contributed by atoms with Crippen LogP contribution in [0.15, 0.2) is 54.6 Å². The minimum Gasteiger partial charge on any atom is -0.493 e. The smallest absolute Gasteiger partial charge is 0.161 e. The summed E-state index contributed by atoms with van der Waals surface area (Å²) in [5.74, 6) is 0.295. The van der Waals surface area contributed by atoms with E-state index in [-0.39, 0.29) is 6.04 Å². The molecule has 2 aliphatic rings. The van der Waals surface area contributed by atoms with E-state index >= 15 is 0 Å². The molecule has 6 nitrogen and oxygen atoms in total. The largest absolute Gasteiger partial charge is 0.493 e. The first-order valence-corrected chi connectivity index (χ1v) is 15.3. The van der Waals surface area contributed by atoms with Gasteiger partial charge in [-0.1, -0.05) is 24.3 Å². The Balaban J connectivity index is 1.34. The van der Waals surface area contributed by atoms with Crippen molar-refractivity contribution in [2.24, 2.45) is 0 Å². The minimum absolute atomic E-state index is 0.0321. The summed E-state index contributed by atoms with van der Waals surface area (Å²) in [6, 6.07) is 16.7. The van der Waals surface area contributed by atoms with Gasteiger partial charge in [-0.25, -0.2) is 8.78 Å². The van der Waals surface area contributed by atoms with Crippen LogP contribution >= 0.6 is 0 Å². The molecule has 0 aliphatic carbocycles. The van der Waals surface area contributed by atoms with Crippen LogP contribution in [0.3, 0.4) is 0 Å². The first-order chi connectivity index (χ1) is 21.4. The fourth-order valence-electron chi connectivity index (χ4n) is 6.70. The van der Waals surface area contributed by atoms with Crippen LogP contribution in [0.1, 0.15) is 42.3 Å². The van der Waals surface area contributed by atoms with Crippen molar-refractivity contribution in [1.29, 1.82) is 0 Å². The van der Waals surface area contributed by atoms with E-state index in [2.05, 4.69) is 70.4 Å². The van der Waals surface area contributed by atoms with Gasteiger partial charge in [-0.15, -0.1) is 0 Å². The van der Waals surface area contributed by atoms with Gasteiger partial charge < -0.3 is 24.7 Å². The van der Waals surface area contributed by atoms with Gasteiger partial charge in [0.05, 0.1) is 20.3 Å². The van der Waals surface area contributed by atoms with E-state index < -0.39 is 11.6 Å². The third-order valence-electron chi connectivity index (χ3n) is 8.86. The van der Waals surface area contributed by atoms with Crippen molar-refractivity contribution in [3.05, 3.63) is 99.2 Å². The number of rotatable bonds is 7. The molecule has 0 radical (unpaired) electrons. The van der Waals surface area contributed by atoms with Crippen LogP contribution in [-0.4, -0.2) is 56.8 Å². The minimum atomic E-state index is -0.545. The Morgan fingerprint density at radius 3 is 2.27 bits per heavy atom. The Morgan fingerprint density at radius 2 is 1.59 bits per heavy atom. The molecule has 3 aromatic carbocycles. The average Bonchev–Trinajstić information content (AvgIpc) is 3.42. The summed E-state index contributed by atoms with van der Waals surface area (Å²) in [6.07, 6.45) is 5.34. The molecule has 6 rings (SSSR count). The van der Waals surface area contributed by atoms with E-state index in [1.54, 1.807) is 14.2 Å². The van der Waals surface area contributed by atoms with Crippen LogP contribution in [-0.2, 0) is 13.0 Å². The number of aromatic nitrogens is 1. The van der Waals surface area contributed by atoms with Gasteiger partial charge in [0.15, 0.2) is 11.5 Å². The molecule has 44 heavy (non-hydrogen) atoms. The molecule has 8 heteroatoms. The van der Waals surface area contributed by atoms with Gasteiger partial charge in [-0.05, 0) is 89.7 Å². The van der Waals surface area contributed by atoms with Gasteiger partial charge >= 0.3 is 0 Å². The van der Waals surface area contributed by atoms with Gasteiger partial charge in [-0.2, -0.15) is 0 Å². The molecule has 230 valence electrons. The molecule has 2 N–H and O–H groups in total. The van der Waals surface area contributed by atoms with Crippen molar-refractivity contribution >= 4 is 17.8 Å². The van der Waals surface area contributed by atoms with Crippen LogP contribution in [0, 0.1) is 11.6 Å². The fourth-order valence-corrected chi connectivity index (χ4v) is 6.70. The van der Waals surface area contributed by atoms with Crippen molar-refractivity contribution < 1.29 is 18.3 Å². The van der Waals surface area contributed by atoms with Crippen molar-refractivity contribution in [1.82, 2.24) is 15.2 Å². The van der Waals surface area contributed by atoms with Crippen molar-refractivity contribution in [3.8, 4) is 22.6 Å². The number of anilines is 1. The number of nitrogens with zero attached hydrogens (tertiary/aromatic N) is 2. The lowest BCUT2D eigenvalue weighted by Gasteiger charge is -2.36. The molecular weight excluding hydrogens is 558 g/mol. The van der Waals surface area contributed by atoms with Gasteiger partial charge in [-0.3, -0.25) is 4.90 Å². The highest BCUT2D eigenvalue weighted by atomic mass is 19.1. The SMILES string of the molecule is C/C=c1/c2c([nH]/c1=C/C)C(c1cc(CN3CCN(c4cc(F)cc(F)c4)CC3)cc(-c3ccc(OC)c(OC)c3)c1)NCC2. The Morgan fingerprint density at radius 1 is 0.841 bits per heavy atom. The Kier molecular flexibility index (Phi) is 8.73. The molecule has 0 spiro atoms. The molecule has 1 atom stereocenters. The zero-order valence-electron chi connectivity index (χ0n) is 25.8. The number of halogens is 2. The summed E-state index contributed by atoms with van der Waals surface area (Å²) in [5.41, 5.74) is 7.78. The lowest BCUT2D eigenvalue weighted by Crippen LogP contribution is -2.46. The van der Waals surface area contributed by atoms with Crippen molar-refractivity contribution in [3.63, 3.8) is 0 Å². The van der Waals surface area contributed by atoms with Gasteiger partial charge in [0.1, 0.15) is 11.6 Å². The van der Waals surface area contributed by atoms with E-state index in [4.69, 9.17) is 9.47 Å². The second kappa shape index (κ2) is 12.8. The maximum atomic E-state index is 13.9. The highest BCUT2D eigenvalue weighted by Gasteiger charge is 2.26. The molecular formula is C36H40F2N4O2. The second-order valence-electron chi connectivity index (χ2n) is 11.5. The summed E-state index contributed by atoms with van der Waals surface area (Å²) in [7, 11) is 3.30. The molecule has 1 aromatic heterocycles. The molecule has 0 saturated carbocycles. The Labute approximate surface area is 257 Å². The summed E-state index contributed by atoms with van der Waals surface area (Å²) in [5, 5.41) is 6.24.